The number of alkyl halides is 3. The van der Waals surface area contributed by atoms with Crippen LogP contribution in [0.25, 0.3) is 0 Å². The first-order valence-electron chi connectivity index (χ1n) is 5.98. The largest absolute Gasteiger partial charge is 0.416 e. The summed E-state index contributed by atoms with van der Waals surface area (Å²) in [6, 6.07) is 1.97. The van der Waals surface area contributed by atoms with Crippen LogP contribution in [0.5, 0.6) is 0 Å². The third-order valence-electron chi connectivity index (χ3n) is 2.85. The molecule has 1 atom stereocenters. The highest BCUT2D eigenvalue weighted by Crippen LogP contribution is 2.31. The van der Waals surface area contributed by atoms with Crippen molar-refractivity contribution in [1.29, 1.82) is 0 Å². The van der Waals surface area contributed by atoms with E-state index in [0.717, 1.165) is 31.4 Å². The van der Waals surface area contributed by atoms with Crippen LogP contribution >= 0.6 is 0 Å². The molecule has 0 bridgehead atoms. The second kappa shape index (κ2) is 6.18. The fourth-order valence-corrected chi connectivity index (χ4v) is 1.77. The van der Waals surface area contributed by atoms with E-state index in [0.29, 0.717) is 12.5 Å². The Labute approximate surface area is 104 Å². The molecule has 1 aromatic carbocycles. The van der Waals surface area contributed by atoms with Gasteiger partial charge in [-0.3, -0.25) is 0 Å². The second-order valence-corrected chi connectivity index (χ2v) is 4.34. The molecule has 102 valence electrons. The van der Waals surface area contributed by atoms with Crippen molar-refractivity contribution in [2.45, 2.75) is 44.8 Å². The summed E-state index contributed by atoms with van der Waals surface area (Å²) in [6.45, 7) is 2.03. The molecule has 2 N–H and O–H groups in total. The van der Waals surface area contributed by atoms with Crippen LogP contribution in [0.4, 0.5) is 17.6 Å². The number of benzene rings is 1. The van der Waals surface area contributed by atoms with Crippen molar-refractivity contribution >= 4 is 0 Å². The summed E-state index contributed by atoms with van der Waals surface area (Å²) in [5, 5.41) is 0. The fraction of sp³-hybridized carbons (Fsp3) is 0.538. The summed E-state index contributed by atoms with van der Waals surface area (Å²) in [5.41, 5.74) is 4.94. The Morgan fingerprint density at radius 3 is 2.39 bits per heavy atom. The highest BCUT2D eigenvalue weighted by molar-refractivity contribution is 5.28. The van der Waals surface area contributed by atoms with E-state index in [1.165, 1.54) is 0 Å². The normalized spacial score (nSPS) is 13.7. The van der Waals surface area contributed by atoms with Crippen LogP contribution in [0.2, 0.25) is 0 Å². The summed E-state index contributed by atoms with van der Waals surface area (Å²) in [4.78, 5) is 0. The van der Waals surface area contributed by atoms with Gasteiger partial charge >= 0.3 is 6.18 Å². The maximum Gasteiger partial charge on any atom is 0.416 e. The van der Waals surface area contributed by atoms with Crippen LogP contribution in [-0.2, 0) is 6.18 Å². The van der Waals surface area contributed by atoms with E-state index in [4.69, 9.17) is 5.73 Å². The Morgan fingerprint density at radius 2 is 1.89 bits per heavy atom. The third-order valence-corrected chi connectivity index (χ3v) is 2.85. The quantitative estimate of drug-likeness (QED) is 0.617. The molecule has 0 saturated heterocycles. The van der Waals surface area contributed by atoms with Gasteiger partial charge in [0.2, 0.25) is 0 Å². The van der Waals surface area contributed by atoms with E-state index in [1.807, 2.05) is 6.92 Å². The van der Waals surface area contributed by atoms with Gasteiger partial charge in [-0.1, -0.05) is 32.3 Å². The summed E-state index contributed by atoms with van der Waals surface area (Å²) < 4.78 is 50.6. The number of unbranched alkanes of at least 4 members (excludes halogenated alkanes) is 2. The molecule has 0 spiro atoms. The Kier molecular flexibility index (Phi) is 5.14. The predicted molar refractivity (Wildman–Crippen MR) is 62.5 cm³/mol. The molecule has 0 radical (unpaired) electrons. The fourth-order valence-electron chi connectivity index (χ4n) is 1.77. The molecule has 0 aromatic heterocycles. The first-order valence-corrected chi connectivity index (χ1v) is 5.98. The third kappa shape index (κ3) is 3.98. The molecule has 5 heteroatoms. The minimum absolute atomic E-state index is 0.152. The van der Waals surface area contributed by atoms with Gasteiger partial charge in [0.05, 0.1) is 5.56 Å². The molecule has 18 heavy (non-hydrogen) atoms. The van der Waals surface area contributed by atoms with Crippen LogP contribution in [0, 0.1) is 5.82 Å². The Bertz CT molecular complexity index is 387. The van der Waals surface area contributed by atoms with Gasteiger partial charge in [0.25, 0.3) is 0 Å². The zero-order valence-electron chi connectivity index (χ0n) is 10.2. The minimum atomic E-state index is -4.52. The van der Waals surface area contributed by atoms with Crippen molar-refractivity contribution in [2.24, 2.45) is 5.73 Å². The molecule has 1 aromatic rings. The first-order chi connectivity index (χ1) is 8.36. The lowest BCUT2D eigenvalue weighted by Crippen LogP contribution is -2.13. The Morgan fingerprint density at radius 1 is 1.22 bits per heavy atom. The zero-order chi connectivity index (χ0) is 13.8. The SMILES string of the molecule is CCCCC[C@@H](N)c1ccc(C(F)(F)F)cc1F. The van der Waals surface area contributed by atoms with Gasteiger partial charge in [-0.25, -0.2) is 4.39 Å². The Balaban J connectivity index is 2.79. The van der Waals surface area contributed by atoms with Crippen molar-refractivity contribution in [2.75, 3.05) is 0 Å². The van der Waals surface area contributed by atoms with Gasteiger partial charge in [-0.05, 0) is 18.6 Å². The Hall–Kier alpha value is -1.10. The van der Waals surface area contributed by atoms with Crippen LogP contribution < -0.4 is 5.73 Å². The smallest absolute Gasteiger partial charge is 0.324 e. The summed E-state index contributed by atoms with van der Waals surface area (Å²) in [5.74, 6) is -0.881. The van der Waals surface area contributed by atoms with E-state index < -0.39 is 23.6 Å². The van der Waals surface area contributed by atoms with Crippen LogP contribution in [0.3, 0.4) is 0 Å². The molecule has 0 aliphatic carbocycles. The molecule has 1 nitrogen and oxygen atoms in total. The maximum absolute atomic E-state index is 13.6. The molecular formula is C13H17F4N. The summed E-state index contributed by atoms with van der Waals surface area (Å²) >= 11 is 0. The highest BCUT2D eigenvalue weighted by atomic mass is 19.4. The van der Waals surface area contributed by atoms with E-state index in [-0.39, 0.29) is 5.56 Å². The molecule has 0 amide bonds. The van der Waals surface area contributed by atoms with Crippen LogP contribution in [-0.4, -0.2) is 0 Å². The first kappa shape index (κ1) is 15.0. The van der Waals surface area contributed by atoms with Crippen LogP contribution in [0.1, 0.15) is 49.8 Å². The predicted octanol–water partition coefficient (Wildman–Crippen LogP) is 4.42. The second-order valence-electron chi connectivity index (χ2n) is 4.34. The number of rotatable bonds is 5. The molecular weight excluding hydrogens is 246 g/mol. The van der Waals surface area contributed by atoms with Crippen molar-refractivity contribution in [3.8, 4) is 0 Å². The molecule has 0 aliphatic heterocycles. The minimum Gasteiger partial charge on any atom is -0.324 e. The molecule has 0 aliphatic rings. The molecule has 0 unspecified atom stereocenters. The molecule has 0 heterocycles. The standard InChI is InChI=1S/C13H17F4N/c1-2-3-4-5-12(18)10-7-6-9(8-11(10)14)13(15,16)17/h6-8,12H,2-5,18H2,1H3/t12-/m1/s1. The topological polar surface area (TPSA) is 26.0 Å². The van der Waals surface area contributed by atoms with E-state index in [1.54, 1.807) is 0 Å². The lowest BCUT2D eigenvalue weighted by atomic mass is 9.99. The monoisotopic (exact) mass is 263 g/mol. The average molecular weight is 263 g/mol. The van der Waals surface area contributed by atoms with Crippen LogP contribution in [0.15, 0.2) is 18.2 Å². The molecule has 1 rings (SSSR count). The van der Waals surface area contributed by atoms with Gasteiger partial charge in [0, 0.05) is 11.6 Å². The van der Waals surface area contributed by atoms with E-state index >= 15 is 0 Å². The van der Waals surface area contributed by atoms with Gasteiger partial charge in [-0.2, -0.15) is 13.2 Å². The van der Waals surface area contributed by atoms with Gasteiger partial charge in [0.15, 0.2) is 0 Å². The van der Waals surface area contributed by atoms with Crippen molar-refractivity contribution in [1.82, 2.24) is 0 Å². The van der Waals surface area contributed by atoms with Crippen molar-refractivity contribution in [3.63, 3.8) is 0 Å². The number of hydrogen-bond donors (Lipinski definition) is 1. The lowest BCUT2D eigenvalue weighted by Gasteiger charge is -2.14. The van der Waals surface area contributed by atoms with Gasteiger partial charge in [0.1, 0.15) is 5.82 Å². The average Bonchev–Trinajstić information content (AvgIpc) is 2.27. The number of hydrogen-bond acceptors (Lipinski definition) is 1. The van der Waals surface area contributed by atoms with Crippen molar-refractivity contribution in [3.05, 3.63) is 35.1 Å². The molecule has 0 fully saturated rings. The molecule has 0 saturated carbocycles. The van der Waals surface area contributed by atoms with Crippen molar-refractivity contribution < 1.29 is 17.6 Å². The van der Waals surface area contributed by atoms with Gasteiger partial charge in [-0.15, -0.1) is 0 Å². The summed E-state index contributed by atoms with van der Waals surface area (Å²) in [6.07, 6.45) is -1.10. The number of halogens is 4. The van der Waals surface area contributed by atoms with E-state index in [9.17, 15) is 17.6 Å². The number of nitrogens with two attached hydrogens (primary N) is 1. The maximum atomic E-state index is 13.6. The highest BCUT2D eigenvalue weighted by Gasteiger charge is 2.31. The van der Waals surface area contributed by atoms with E-state index in [2.05, 4.69) is 0 Å². The summed E-state index contributed by atoms with van der Waals surface area (Å²) in [7, 11) is 0. The lowest BCUT2D eigenvalue weighted by molar-refractivity contribution is -0.137. The van der Waals surface area contributed by atoms with Gasteiger partial charge < -0.3 is 5.73 Å². The zero-order valence-corrected chi connectivity index (χ0v) is 10.2.